The average Bonchev–Trinajstić information content (AvgIpc) is 2.76. The van der Waals surface area contributed by atoms with Crippen molar-refractivity contribution >= 4 is 27.3 Å². The second-order valence-electron chi connectivity index (χ2n) is 5.24. The van der Waals surface area contributed by atoms with Gasteiger partial charge in [0, 0.05) is 28.9 Å². The van der Waals surface area contributed by atoms with Gasteiger partial charge in [0.15, 0.2) is 0 Å². The maximum absolute atomic E-state index is 13.1. The van der Waals surface area contributed by atoms with Gasteiger partial charge in [-0.15, -0.1) is 0 Å². The van der Waals surface area contributed by atoms with E-state index < -0.39 is 0 Å². The molecule has 3 rings (SSSR count). The Bertz CT molecular complexity index is 670. The number of hydrogen-bond acceptors (Lipinski definition) is 2. The molecule has 2 N–H and O–H groups in total. The van der Waals surface area contributed by atoms with E-state index in [9.17, 15) is 4.39 Å². The molecule has 0 spiro atoms. The number of benzene rings is 2. The van der Waals surface area contributed by atoms with E-state index in [1.165, 1.54) is 23.4 Å². The highest BCUT2D eigenvalue weighted by molar-refractivity contribution is 9.10. The molecule has 0 saturated carbocycles. The van der Waals surface area contributed by atoms with Crippen molar-refractivity contribution in [2.24, 2.45) is 0 Å². The van der Waals surface area contributed by atoms with Crippen LogP contribution in [0.4, 0.5) is 15.8 Å². The summed E-state index contributed by atoms with van der Waals surface area (Å²) in [6.07, 6.45) is 1.04. The number of nitrogen functional groups attached to an aromatic ring is 1. The summed E-state index contributed by atoms with van der Waals surface area (Å²) < 4.78 is 13.9. The number of rotatable bonds is 2. The Labute approximate surface area is 126 Å². The van der Waals surface area contributed by atoms with Gasteiger partial charge in [0.25, 0.3) is 0 Å². The van der Waals surface area contributed by atoms with Gasteiger partial charge in [-0.3, -0.25) is 0 Å². The molecule has 2 aromatic carbocycles. The first-order chi connectivity index (χ1) is 9.54. The van der Waals surface area contributed by atoms with Crippen LogP contribution in [0.15, 0.2) is 34.8 Å². The Kier molecular flexibility index (Phi) is 3.42. The molecule has 1 aliphatic rings. The SMILES string of the molecule is Cc1cc2c(cc1N)N(Cc1ccc(F)cc1Br)CC2. The van der Waals surface area contributed by atoms with Gasteiger partial charge < -0.3 is 10.6 Å². The second-order valence-corrected chi connectivity index (χ2v) is 6.10. The monoisotopic (exact) mass is 334 g/mol. The Morgan fingerprint density at radius 3 is 2.85 bits per heavy atom. The maximum atomic E-state index is 13.1. The lowest BCUT2D eigenvalue weighted by molar-refractivity contribution is 0.625. The predicted molar refractivity (Wildman–Crippen MR) is 84.4 cm³/mol. The van der Waals surface area contributed by atoms with E-state index >= 15 is 0 Å². The van der Waals surface area contributed by atoms with Crippen LogP contribution in [-0.2, 0) is 13.0 Å². The molecule has 0 radical (unpaired) electrons. The molecule has 0 amide bonds. The molecule has 0 bridgehead atoms. The lowest BCUT2D eigenvalue weighted by atomic mass is 10.1. The minimum atomic E-state index is -0.220. The molecule has 4 heteroatoms. The molecule has 0 aromatic heterocycles. The number of hydrogen-bond donors (Lipinski definition) is 1. The summed E-state index contributed by atoms with van der Waals surface area (Å²) in [4.78, 5) is 2.29. The van der Waals surface area contributed by atoms with Gasteiger partial charge in [-0.25, -0.2) is 4.39 Å². The number of anilines is 2. The van der Waals surface area contributed by atoms with E-state index in [1.54, 1.807) is 0 Å². The minimum Gasteiger partial charge on any atom is -0.398 e. The van der Waals surface area contributed by atoms with Gasteiger partial charge in [-0.1, -0.05) is 28.1 Å². The van der Waals surface area contributed by atoms with Crippen molar-refractivity contribution in [3.8, 4) is 0 Å². The van der Waals surface area contributed by atoms with Gasteiger partial charge in [0.2, 0.25) is 0 Å². The fraction of sp³-hybridized carbons (Fsp3) is 0.250. The first kappa shape index (κ1) is 13.4. The zero-order valence-corrected chi connectivity index (χ0v) is 12.9. The molecule has 0 atom stereocenters. The van der Waals surface area contributed by atoms with E-state index in [0.717, 1.165) is 40.8 Å². The van der Waals surface area contributed by atoms with E-state index in [0.29, 0.717) is 0 Å². The Balaban J connectivity index is 1.90. The molecular weight excluding hydrogens is 319 g/mol. The number of nitrogens with zero attached hydrogens (tertiary/aromatic N) is 1. The van der Waals surface area contributed by atoms with E-state index in [-0.39, 0.29) is 5.82 Å². The molecule has 0 unspecified atom stereocenters. The molecule has 104 valence electrons. The largest absolute Gasteiger partial charge is 0.398 e. The standard InChI is InChI=1S/C16H16BrFN2/c1-10-6-11-4-5-20(16(11)8-15(10)19)9-12-2-3-13(18)7-14(12)17/h2-3,6-8H,4-5,9,19H2,1H3. The van der Waals surface area contributed by atoms with Crippen molar-refractivity contribution in [2.45, 2.75) is 19.9 Å². The van der Waals surface area contributed by atoms with Gasteiger partial charge in [-0.05, 0) is 48.2 Å². The smallest absolute Gasteiger partial charge is 0.124 e. The normalized spacial score (nSPS) is 13.7. The van der Waals surface area contributed by atoms with Gasteiger partial charge in [0.1, 0.15) is 5.82 Å². The molecule has 0 fully saturated rings. The van der Waals surface area contributed by atoms with Crippen LogP contribution in [0.3, 0.4) is 0 Å². The molecule has 1 aliphatic heterocycles. The summed E-state index contributed by atoms with van der Waals surface area (Å²) >= 11 is 3.43. The van der Waals surface area contributed by atoms with E-state index in [1.807, 2.05) is 13.0 Å². The number of fused-ring (bicyclic) bond motifs is 1. The second kappa shape index (κ2) is 5.09. The van der Waals surface area contributed by atoms with Crippen molar-refractivity contribution in [1.82, 2.24) is 0 Å². The number of nitrogens with two attached hydrogens (primary N) is 1. The summed E-state index contributed by atoms with van der Waals surface area (Å²) in [7, 11) is 0. The van der Waals surface area contributed by atoms with Crippen LogP contribution in [0, 0.1) is 12.7 Å². The molecule has 1 heterocycles. The highest BCUT2D eigenvalue weighted by atomic mass is 79.9. The number of halogens is 2. The quantitative estimate of drug-likeness (QED) is 0.840. The summed E-state index contributed by atoms with van der Waals surface area (Å²) in [5.41, 5.74) is 11.6. The van der Waals surface area contributed by atoms with Crippen LogP contribution >= 0.6 is 15.9 Å². The van der Waals surface area contributed by atoms with Crippen molar-refractivity contribution in [3.63, 3.8) is 0 Å². The molecule has 2 nitrogen and oxygen atoms in total. The van der Waals surface area contributed by atoms with Crippen molar-refractivity contribution < 1.29 is 4.39 Å². The third-order valence-corrected chi connectivity index (χ3v) is 4.57. The van der Waals surface area contributed by atoms with Crippen LogP contribution in [-0.4, -0.2) is 6.54 Å². The summed E-state index contributed by atoms with van der Waals surface area (Å²) in [6, 6.07) is 9.06. The molecule has 0 saturated heterocycles. The van der Waals surface area contributed by atoms with Crippen LogP contribution in [0.25, 0.3) is 0 Å². The summed E-state index contributed by atoms with van der Waals surface area (Å²) in [5, 5.41) is 0. The maximum Gasteiger partial charge on any atom is 0.124 e. The zero-order chi connectivity index (χ0) is 14.3. The van der Waals surface area contributed by atoms with Crippen molar-refractivity contribution in [2.75, 3.05) is 17.2 Å². The van der Waals surface area contributed by atoms with Crippen LogP contribution in [0.1, 0.15) is 16.7 Å². The first-order valence-corrected chi connectivity index (χ1v) is 7.42. The van der Waals surface area contributed by atoms with E-state index in [4.69, 9.17) is 5.73 Å². The van der Waals surface area contributed by atoms with Gasteiger partial charge in [0.05, 0.1) is 0 Å². The summed E-state index contributed by atoms with van der Waals surface area (Å²) in [6.45, 7) is 3.77. The molecule has 0 aliphatic carbocycles. The minimum absolute atomic E-state index is 0.220. The highest BCUT2D eigenvalue weighted by Crippen LogP contribution is 2.34. The lowest BCUT2D eigenvalue weighted by Crippen LogP contribution is -2.20. The Morgan fingerprint density at radius 1 is 1.30 bits per heavy atom. The lowest BCUT2D eigenvalue weighted by Gasteiger charge is -2.21. The van der Waals surface area contributed by atoms with Crippen molar-refractivity contribution in [3.05, 3.63) is 57.3 Å². The fourth-order valence-corrected chi connectivity index (χ4v) is 3.14. The van der Waals surface area contributed by atoms with Crippen molar-refractivity contribution in [1.29, 1.82) is 0 Å². The third-order valence-electron chi connectivity index (χ3n) is 3.84. The van der Waals surface area contributed by atoms with Gasteiger partial charge in [-0.2, -0.15) is 0 Å². The highest BCUT2D eigenvalue weighted by Gasteiger charge is 2.20. The summed E-state index contributed by atoms with van der Waals surface area (Å²) in [5.74, 6) is -0.220. The number of aryl methyl sites for hydroxylation is 1. The van der Waals surface area contributed by atoms with E-state index in [2.05, 4.69) is 33.0 Å². The third kappa shape index (κ3) is 2.40. The zero-order valence-electron chi connectivity index (χ0n) is 11.3. The van der Waals surface area contributed by atoms with Crippen LogP contribution < -0.4 is 10.6 Å². The van der Waals surface area contributed by atoms with Crippen LogP contribution in [0.5, 0.6) is 0 Å². The van der Waals surface area contributed by atoms with Crippen LogP contribution in [0.2, 0.25) is 0 Å². The fourth-order valence-electron chi connectivity index (χ4n) is 2.66. The molecular formula is C16H16BrFN2. The first-order valence-electron chi connectivity index (χ1n) is 6.62. The average molecular weight is 335 g/mol. The molecule has 2 aromatic rings. The Morgan fingerprint density at radius 2 is 2.10 bits per heavy atom. The predicted octanol–water partition coefficient (Wildman–Crippen LogP) is 4.04. The molecule has 20 heavy (non-hydrogen) atoms. The topological polar surface area (TPSA) is 29.3 Å². The van der Waals surface area contributed by atoms with Gasteiger partial charge >= 0.3 is 0 Å². The Hall–Kier alpha value is -1.55.